The van der Waals surface area contributed by atoms with E-state index in [1.165, 1.54) is 6.07 Å². The molecule has 8 heteroatoms. The van der Waals surface area contributed by atoms with Crippen LogP contribution in [0.15, 0.2) is 24.3 Å². The summed E-state index contributed by atoms with van der Waals surface area (Å²) in [5, 5.41) is 24.6. The lowest BCUT2D eigenvalue weighted by Crippen LogP contribution is -2.25. The maximum atomic E-state index is 11.9. The number of nitrogens with zero attached hydrogens (tertiary/aromatic N) is 4. The minimum atomic E-state index is -0.430. The van der Waals surface area contributed by atoms with E-state index in [1.54, 1.807) is 25.1 Å². The fourth-order valence-corrected chi connectivity index (χ4v) is 2.97. The van der Waals surface area contributed by atoms with E-state index in [1.807, 2.05) is 17.9 Å². The number of anilines is 3. The lowest BCUT2D eigenvalue weighted by molar-refractivity contribution is -0.383. The third-order valence-corrected chi connectivity index (χ3v) is 4.38. The molecule has 0 aliphatic carbocycles. The number of benzene rings is 1. The molecule has 1 aromatic carbocycles. The molecule has 1 N–H and O–H groups in total. The first-order valence-electron chi connectivity index (χ1n) is 8.78. The predicted octanol–water partition coefficient (Wildman–Crippen LogP) is 5.19. The van der Waals surface area contributed by atoms with Gasteiger partial charge in [0.15, 0.2) is 0 Å². The van der Waals surface area contributed by atoms with E-state index in [0.29, 0.717) is 34.2 Å². The summed E-state index contributed by atoms with van der Waals surface area (Å²) in [4.78, 5) is 17.7. The molecule has 27 heavy (non-hydrogen) atoms. The average Bonchev–Trinajstić information content (AvgIpc) is 2.63. The standard InChI is InChI=1S/C19H22ClN5O2/c1-4-6-9-24(5-2)17-10-13(3)22-19(18(17)25(26)27)23-16-8-7-15(20)11-14(16)12-21/h7-8,10-11H,4-6,9H2,1-3H3,(H,22,23). The van der Waals surface area contributed by atoms with E-state index >= 15 is 0 Å². The fourth-order valence-electron chi connectivity index (χ4n) is 2.80. The molecule has 0 spiro atoms. The number of nitro groups is 1. The van der Waals surface area contributed by atoms with Crippen molar-refractivity contribution in [2.75, 3.05) is 23.3 Å². The van der Waals surface area contributed by atoms with Crippen LogP contribution in [-0.2, 0) is 0 Å². The second kappa shape index (κ2) is 9.19. The first kappa shape index (κ1) is 20.5. The van der Waals surface area contributed by atoms with E-state index in [2.05, 4.69) is 17.2 Å². The highest BCUT2D eigenvalue weighted by molar-refractivity contribution is 6.30. The number of rotatable bonds is 8. The van der Waals surface area contributed by atoms with E-state index in [9.17, 15) is 15.4 Å². The normalized spacial score (nSPS) is 10.3. The molecule has 0 amide bonds. The molecule has 0 fully saturated rings. The lowest BCUT2D eigenvalue weighted by atomic mass is 10.1. The summed E-state index contributed by atoms with van der Waals surface area (Å²) in [6.07, 6.45) is 1.93. The zero-order valence-corrected chi connectivity index (χ0v) is 16.4. The number of aryl methyl sites for hydroxylation is 1. The zero-order chi connectivity index (χ0) is 20.0. The third-order valence-electron chi connectivity index (χ3n) is 4.14. The van der Waals surface area contributed by atoms with Crippen LogP contribution in [0.1, 0.15) is 37.9 Å². The molecule has 0 aliphatic heterocycles. The van der Waals surface area contributed by atoms with E-state index in [0.717, 1.165) is 19.4 Å². The van der Waals surface area contributed by atoms with Crippen LogP contribution >= 0.6 is 11.6 Å². The van der Waals surface area contributed by atoms with Crippen LogP contribution in [0.3, 0.4) is 0 Å². The van der Waals surface area contributed by atoms with Gasteiger partial charge in [0.25, 0.3) is 0 Å². The third kappa shape index (κ3) is 4.86. The van der Waals surface area contributed by atoms with Crippen molar-refractivity contribution in [3.05, 3.63) is 50.7 Å². The highest BCUT2D eigenvalue weighted by atomic mass is 35.5. The van der Waals surface area contributed by atoms with Crippen molar-refractivity contribution in [2.45, 2.75) is 33.6 Å². The van der Waals surface area contributed by atoms with Gasteiger partial charge in [0.2, 0.25) is 5.82 Å². The van der Waals surface area contributed by atoms with Gasteiger partial charge in [-0.25, -0.2) is 4.98 Å². The lowest BCUT2D eigenvalue weighted by Gasteiger charge is -2.24. The number of halogens is 1. The first-order chi connectivity index (χ1) is 12.9. The minimum Gasteiger partial charge on any atom is -0.366 e. The molecule has 0 saturated carbocycles. The average molecular weight is 388 g/mol. The van der Waals surface area contributed by atoms with Crippen LogP contribution in [-0.4, -0.2) is 23.0 Å². The van der Waals surface area contributed by atoms with Gasteiger partial charge in [-0.3, -0.25) is 10.1 Å². The van der Waals surface area contributed by atoms with Crippen molar-refractivity contribution in [3.63, 3.8) is 0 Å². The summed E-state index contributed by atoms with van der Waals surface area (Å²) in [5.74, 6) is 0.115. The maximum Gasteiger partial charge on any atom is 0.334 e. The highest BCUT2D eigenvalue weighted by Gasteiger charge is 2.26. The molecule has 0 aliphatic rings. The van der Waals surface area contributed by atoms with Gasteiger partial charge in [-0.05, 0) is 44.5 Å². The Morgan fingerprint density at radius 2 is 2.11 bits per heavy atom. The fraction of sp³-hybridized carbons (Fsp3) is 0.368. The van der Waals surface area contributed by atoms with Crippen LogP contribution in [0, 0.1) is 28.4 Å². The van der Waals surface area contributed by atoms with Crippen molar-refractivity contribution < 1.29 is 4.92 Å². The molecule has 142 valence electrons. The Labute approximate surface area is 163 Å². The SMILES string of the molecule is CCCCN(CC)c1cc(C)nc(Nc2ccc(Cl)cc2C#N)c1[N+](=O)[O-]. The van der Waals surface area contributed by atoms with Gasteiger partial charge < -0.3 is 10.2 Å². The van der Waals surface area contributed by atoms with Crippen LogP contribution < -0.4 is 10.2 Å². The van der Waals surface area contributed by atoms with Crippen molar-refractivity contribution >= 4 is 34.5 Å². The second-order valence-corrected chi connectivity index (χ2v) is 6.53. The van der Waals surface area contributed by atoms with Crippen LogP contribution in [0.25, 0.3) is 0 Å². The predicted molar refractivity (Wildman–Crippen MR) is 108 cm³/mol. The van der Waals surface area contributed by atoms with Gasteiger partial charge in [-0.2, -0.15) is 5.26 Å². The number of unbranched alkanes of at least 4 members (excludes halogenated alkanes) is 1. The number of hydrogen-bond acceptors (Lipinski definition) is 6. The molecule has 1 aromatic heterocycles. The molecule has 2 rings (SSSR count). The molecular weight excluding hydrogens is 366 g/mol. The molecule has 2 aromatic rings. The summed E-state index contributed by atoms with van der Waals surface area (Å²) in [6.45, 7) is 7.21. The van der Waals surface area contributed by atoms with E-state index in [-0.39, 0.29) is 11.5 Å². The monoisotopic (exact) mass is 387 g/mol. The Kier molecular flexibility index (Phi) is 6.97. The van der Waals surface area contributed by atoms with Gasteiger partial charge >= 0.3 is 5.69 Å². The summed E-state index contributed by atoms with van der Waals surface area (Å²) in [7, 11) is 0. The highest BCUT2D eigenvalue weighted by Crippen LogP contribution is 2.37. The molecule has 0 unspecified atom stereocenters. The largest absolute Gasteiger partial charge is 0.366 e. The van der Waals surface area contributed by atoms with Crippen molar-refractivity contribution in [1.82, 2.24) is 4.98 Å². The topological polar surface area (TPSA) is 95.1 Å². The van der Waals surface area contributed by atoms with Crippen molar-refractivity contribution in [2.24, 2.45) is 0 Å². The second-order valence-electron chi connectivity index (χ2n) is 6.10. The van der Waals surface area contributed by atoms with Crippen molar-refractivity contribution in [3.8, 4) is 6.07 Å². The number of nitrogens with one attached hydrogen (secondary N) is 1. The number of nitriles is 1. The van der Waals surface area contributed by atoms with Crippen molar-refractivity contribution in [1.29, 1.82) is 5.26 Å². The van der Waals surface area contributed by atoms with Crippen LogP contribution in [0.4, 0.5) is 22.9 Å². The molecule has 0 bridgehead atoms. The Bertz CT molecular complexity index is 879. The quantitative estimate of drug-likeness (QED) is 0.494. The minimum absolute atomic E-state index is 0.0996. The first-order valence-corrected chi connectivity index (χ1v) is 9.16. The Hall–Kier alpha value is -2.85. The van der Waals surface area contributed by atoms with E-state index < -0.39 is 4.92 Å². The molecule has 0 atom stereocenters. The number of pyridine rings is 1. The Balaban J connectivity index is 2.57. The van der Waals surface area contributed by atoms with Gasteiger partial charge in [0, 0.05) is 23.8 Å². The zero-order valence-electron chi connectivity index (χ0n) is 15.6. The molecule has 7 nitrogen and oxygen atoms in total. The number of aromatic nitrogens is 1. The summed E-state index contributed by atoms with van der Waals surface area (Å²) < 4.78 is 0. The van der Waals surface area contributed by atoms with E-state index in [4.69, 9.17) is 11.6 Å². The molecule has 0 saturated heterocycles. The van der Waals surface area contributed by atoms with Crippen LogP contribution in [0.5, 0.6) is 0 Å². The molecular formula is C19H22ClN5O2. The smallest absolute Gasteiger partial charge is 0.334 e. The van der Waals surface area contributed by atoms with Crippen LogP contribution in [0.2, 0.25) is 5.02 Å². The van der Waals surface area contributed by atoms with Gasteiger partial charge in [-0.1, -0.05) is 24.9 Å². The van der Waals surface area contributed by atoms with Gasteiger partial charge in [0.05, 0.1) is 16.2 Å². The Morgan fingerprint density at radius 3 is 2.70 bits per heavy atom. The van der Waals surface area contributed by atoms with Gasteiger partial charge in [0.1, 0.15) is 11.8 Å². The molecule has 0 radical (unpaired) electrons. The molecule has 1 heterocycles. The summed E-state index contributed by atoms with van der Waals surface area (Å²) in [6, 6.07) is 8.51. The number of hydrogen-bond donors (Lipinski definition) is 1. The summed E-state index contributed by atoms with van der Waals surface area (Å²) >= 11 is 5.93. The van der Waals surface area contributed by atoms with Gasteiger partial charge in [-0.15, -0.1) is 0 Å². The Morgan fingerprint density at radius 1 is 1.37 bits per heavy atom. The maximum absolute atomic E-state index is 11.9. The summed E-state index contributed by atoms with van der Waals surface area (Å²) in [5.41, 5.74) is 1.79.